The molecule has 0 saturated carbocycles. The van der Waals surface area contributed by atoms with Crippen LogP contribution in [0.3, 0.4) is 0 Å². The average molecular weight is 341 g/mol. The molecule has 0 N–H and O–H groups in total. The first-order valence-corrected chi connectivity index (χ1v) is 8.28. The molecule has 0 fully saturated rings. The summed E-state index contributed by atoms with van der Waals surface area (Å²) in [7, 11) is 3.27. The van der Waals surface area contributed by atoms with Crippen LogP contribution >= 0.6 is 11.3 Å². The molecule has 0 bridgehead atoms. The van der Waals surface area contributed by atoms with E-state index < -0.39 is 0 Å². The van der Waals surface area contributed by atoms with Crippen molar-refractivity contribution >= 4 is 17.6 Å². The molecule has 3 aromatic rings. The second-order valence-corrected chi connectivity index (χ2v) is 6.49. The number of imidazole rings is 1. The normalized spacial score (nSPS) is 12.4. The lowest BCUT2D eigenvalue weighted by molar-refractivity contribution is 0.112. The van der Waals surface area contributed by atoms with E-state index >= 15 is 0 Å². The van der Waals surface area contributed by atoms with Gasteiger partial charge in [0, 0.05) is 18.3 Å². The second kappa shape index (κ2) is 5.76. The predicted molar refractivity (Wildman–Crippen MR) is 91.0 cm³/mol. The van der Waals surface area contributed by atoms with Gasteiger partial charge >= 0.3 is 0 Å². The molecule has 6 nitrogen and oxygen atoms in total. The molecule has 24 heavy (non-hydrogen) atoms. The number of aromatic nitrogens is 3. The van der Waals surface area contributed by atoms with Crippen LogP contribution in [0.1, 0.15) is 15.4 Å². The van der Waals surface area contributed by atoms with E-state index in [1.807, 2.05) is 18.5 Å². The highest BCUT2D eigenvalue weighted by Gasteiger charge is 2.24. The van der Waals surface area contributed by atoms with Crippen molar-refractivity contribution in [3.63, 3.8) is 0 Å². The highest BCUT2D eigenvalue weighted by atomic mass is 32.1. The highest BCUT2D eigenvalue weighted by Crippen LogP contribution is 2.42. The second-order valence-electron chi connectivity index (χ2n) is 5.43. The van der Waals surface area contributed by atoms with Crippen molar-refractivity contribution in [1.29, 1.82) is 0 Å². The molecule has 1 aliphatic heterocycles. The molecule has 122 valence electrons. The number of methoxy groups -OCH3 is 2. The molecule has 0 spiro atoms. The van der Waals surface area contributed by atoms with Crippen molar-refractivity contribution in [3.8, 4) is 33.3 Å². The fourth-order valence-electron chi connectivity index (χ4n) is 3.06. The lowest BCUT2D eigenvalue weighted by Gasteiger charge is -2.21. The number of carbonyl (C=O) groups excluding carboxylic acids is 1. The van der Waals surface area contributed by atoms with Gasteiger partial charge in [-0.25, -0.2) is 9.97 Å². The zero-order chi connectivity index (χ0) is 16.7. The summed E-state index contributed by atoms with van der Waals surface area (Å²) in [5.74, 6) is 1.42. The largest absolute Gasteiger partial charge is 0.493 e. The van der Waals surface area contributed by atoms with Gasteiger partial charge in [-0.15, -0.1) is 11.3 Å². The van der Waals surface area contributed by atoms with Crippen molar-refractivity contribution in [3.05, 3.63) is 35.2 Å². The minimum Gasteiger partial charge on any atom is -0.493 e. The van der Waals surface area contributed by atoms with E-state index in [1.54, 1.807) is 20.4 Å². The molecule has 1 aliphatic rings. The quantitative estimate of drug-likeness (QED) is 0.682. The van der Waals surface area contributed by atoms with Crippen LogP contribution in [0, 0.1) is 0 Å². The number of hydrogen-bond acceptors (Lipinski definition) is 6. The third kappa shape index (κ3) is 2.20. The number of nitrogens with zero attached hydrogens (tertiary/aromatic N) is 3. The van der Waals surface area contributed by atoms with Crippen LogP contribution in [0.5, 0.6) is 11.5 Å². The number of aryl methyl sites for hydroxylation is 2. The number of fused-ring (bicyclic) bond motifs is 3. The third-order valence-electron chi connectivity index (χ3n) is 4.18. The van der Waals surface area contributed by atoms with Gasteiger partial charge in [-0.05, 0) is 24.1 Å². The van der Waals surface area contributed by atoms with E-state index in [9.17, 15) is 4.79 Å². The number of thiazole rings is 1. The summed E-state index contributed by atoms with van der Waals surface area (Å²) in [6.45, 7) is 0.851. The zero-order valence-electron chi connectivity index (χ0n) is 13.3. The Balaban J connectivity index is 1.91. The molecular weight excluding hydrogens is 326 g/mol. The van der Waals surface area contributed by atoms with Gasteiger partial charge in [0.25, 0.3) is 0 Å². The minimum absolute atomic E-state index is 0.454. The molecule has 3 heterocycles. The molecule has 1 aromatic carbocycles. The number of benzene rings is 1. The lowest BCUT2D eigenvalue weighted by atomic mass is 9.96. The molecule has 0 unspecified atom stereocenters. The van der Waals surface area contributed by atoms with Crippen molar-refractivity contribution in [2.75, 3.05) is 14.2 Å². The SMILES string of the molecule is COc1cc2c(cc1OC)-c1c(-c3cnc(C=O)s3)ncn1CC2. The maximum Gasteiger partial charge on any atom is 0.178 e. The van der Waals surface area contributed by atoms with Gasteiger partial charge in [0.2, 0.25) is 0 Å². The Bertz CT molecular complexity index is 929. The molecular formula is C17H15N3O3S. The van der Waals surface area contributed by atoms with Crippen LogP contribution in [0.15, 0.2) is 24.7 Å². The fraction of sp³-hybridized carbons (Fsp3) is 0.235. The molecule has 0 amide bonds. The van der Waals surface area contributed by atoms with Gasteiger partial charge in [-0.3, -0.25) is 4.79 Å². The van der Waals surface area contributed by atoms with Crippen LogP contribution in [0.25, 0.3) is 21.8 Å². The van der Waals surface area contributed by atoms with E-state index in [1.165, 1.54) is 16.9 Å². The Labute approximate surface area is 142 Å². The van der Waals surface area contributed by atoms with E-state index in [-0.39, 0.29) is 0 Å². The molecule has 2 aromatic heterocycles. The molecule has 4 rings (SSSR count). The monoisotopic (exact) mass is 341 g/mol. The Kier molecular flexibility index (Phi) is 3.57. The van der Waals surface area contributed by atoms with Crippen molar-refractivity contribution < 1.29 is 14.3 Å². The number of hydrogen-bond donors (Lipinski definition) is 0. The van der Waals surface area contributed by atoms with Crippen LogP contribution in [0.4, 0.5) is 0 Å². The van der Waals surface area contributed by atoms with Crippen LogP contribution in [-0.2, 0) is 13.0 Å². The fourth-order valence-corrected chi connectivity index (χ4v) is 3.79. The van der Waals surface area contributed by atoms with Crippen LogP contribution < -0.4 is 9.47 Å². The predicted octanol–water partition coefficient (Wildman–Crippen LogP) is 3.06. The average Bonchev–Trinajstić information content (AvgIpc) is 3.26. The zero-order valence-corrected chi connectivity index (χ0v) is 14.1. The first-order chi connectivity index (χ1) is 11.7. The number of ether oxygens (including phenoxy) is 2. The third-order valence-corrected chi connectivity index (χ3v) is 5.11. The Morgan fingerprint density at radius 1 is 1.21 bits per heavy atom. The summed E-state index contributed by atoms with van der Waals surface area (Å²) in [5.41, 5.74) is 4.14. The Morgan fingerprint density at radius 2 is 2.00 bits per heavy atom. The van der Waals surface area contributed by atoms with Crippen molar-refractivity contribution in [2.45, 2.75) is 13.0 Å². The van der Waals surface area contributed by atoms with Gasteiger partial charge in [0.05, 0.1) is 31.1 Å². The maximum absolute atomic E-state index is 10.9. The number of aldehydes is 1. The van der Waals surface area contributed by atoms with Gasteiger partial charge in [0.1, 0.15) is 5.69 Å². The smallest absolute Gasteiger partial charge is 0.178 e. The summed E-state index contributed by atoms with van der Waals surface area (Å²) in [6.07, 6.45) is 5.20. The first kappa shape index (κ1) is 14.9. The molecule has 0 aliphatic carbocycles. The topological polar surface area (TPSA) is 66.2 Å². The molecule has 7 heteroatoms. The van der Waals surface area contributed by atoms with Gasteiger partial charge < -0.3 is 14.0 Å². The molecule has 0 atom stereocenters. The molecule has 0 saturated heterocycles. The van der Waals surface area contributed by atoms with E-state index in [0.717, 1.165) is 46.8 Å². The summed E-state index contributed by atoms with van der Waals surface area (Å²) in [5, 5.41) is 0.454. The van der Waals surface area contributed by atoms with Crippen molar-refractivity contribution in [2.24, 2.45) is 0 Å². The van der Waals surface area contributed by atoms with Crippen LogP contribution in [-0.4, -0.2) is 35.0 Å². The standard InChI is InChI=1S/C17H15N3O3S/c1-22-12-5-10-3-4-20-9-19-16(14-7-18-15(8-21)24-14)17(20)11(10)6-13(12)23-2/h5-9H,3-4H2,1-2H3. The highest BCUT2D eigenvalue weighted by molar-refractivity contribution is 7.16. The van der Waals surface area contributed by atoms with E-state index in [4.69, 9.17) is 9.47 Å². The van der Waals surface area contributed by atoms with Gasteiger partial charge in [0.15, 0.2) is 22.8 Å². The summed E-state index contributed by atoms with van der Waals surface area (Å²) >= 11 is 1.34. The van der Waals surface area contributed by atoms with E-state index in [2.05, 4.69) is 14.5 Å². The van der Waals surface area contributed by atoms with Gasteiger partial charge in [-0.2, -0.15) is 0 Å². The Morgan fingerprint density at radius 3 is 2.71 bits per heavy atom. The van der Waals surface area contributed by atoms with Crippen LogP contribution in [0.2, 0.25) is 0 Å². The van der Waals surface area contributed by atoms with Gasteiger partial charge in [-0.1, -0.05) is 0 Å². The van der Waals surface area contributed by atoms with Crippen molar-refractivity contribution in [1.82, 2.24) is 14.5 Å². The Hall–Kier alpha value is -2.67. The minimum atomic E-state index is 0.454. The number of carbonyl (C=O) groups is 1. The summed E-state index contributed by atoms with van der Waals surface area (Å²) in [6, 6.07) is 4.02. The van der Waals surface area contributed by atoms with E-state index in [0.29, 0.717) is 10.8 Å². The maximum atomic E-state index is 10.9. The molecule has 0 radical (unpaired) electrons. The number of rotatable bonds is 4. The summed E-state index contributed by atoms with van der Waals surface area (Å²) < 4.78 is 13.0. The summed E-state index contributed by atoms with van der Waals surface area (Å²) in [4.78, 5) is 20.5. The first-order valence-electron chi connectivity index (χ1n) is 7.47. The lowest BCUT2D eigenvalue weighted by Crippen LogP contribution is -2.10.